The quantitative estimate of drug-likeness (QED) is 0.725. The number of rotatable bonds is 3. The van der Waals surface area contributed by atoms with Crippen molar-refractivity contribution in [2.75, 3.05) is 26.7 Å². The Morgan fingerprint density at radius 3 is 2.80 bits per heavy atom. The molecule has 0 radical (unpaired) electrons. The highest BCUT2D eigenvalue weighted by atomic mass is 15.2. The first-order valence-electron chi connectivity index (χ1n) is 6.43. The van der Waals surface area contributed by atoms with Gasteiger partial charge in [0.1, 0.15) is 0 Å². The average molecular weight is 211 g/mol. The zero-order valence-corrected chi connectivity index (χ0v) is 9.91. The summed E-state index contributed by atoms with van der Waals surface area (Å²) in [4.78, 5) is 2.41. The molecule has 1 aliphatic carbocycles. The topological polar surface area (TPSA) is 41.3 Å². The Hall–Kier alpha value is -0.120. The van der Waals surface area contributed by atoms with Gasteiger partial charge in [-0.1, -0.05) is 12.8 Å². The lowest BCUT2D eigenvalue weighted by Crippen LogP contribution is -2.51. The summed E-state index contributed by atoms with van der Waals surface area (Å²) in [5, 5.41) is 3.58. The molecule has 88 valence electrons. The van der Waals surface area contributed by atoms with Crippen LogP contribution in [0.3, 0.4) is 0 Å². The minimum Gasteiger partial charge on any atom is -0.327 e. The predicted octanol–water partition coefficient (Wildman–Crippen LogP) is 0.798. The van der Waals surface area contributed by atoms with Crippen molar-refractivity contribution in [3.05, 3.63) is 0 Å². The van der Waals surface area contributed by atoms with Crippen molar-refractivity contribution in [2.45, 2.75) is 44.2 Å². The third kappa shape index (κ3) is 3.16. The molecule has 0 aromatic carbocycles. The fourth-order valence-electron chi connectivity index (χ4n) is 3.06. The minimum absolute atomic E-state index is 0.427. The second kappa shape index (κ2) is 5.28. The summed E-state index contributed by atoms with van der Waals surface area (Å²) in [6, 6.07) is 1.05. The summed E-state index contributed by atoms with van der Waals surface area (Å²) >= 11 is 0. The number of nitrogens with zero attached hydrogens (tertiary/aromatic N) is 1. The monoisotopic (exact) mass is 211 g/mol. The van der Waals surface area contributed by atoms with E-state index in [1.165, 1.54) is 38.8 Å². The molecule has 2 fully saturated rings. The SMILES string of the molecule is CN1CCNC(CC(N)C2CCCC2)C1. The maximum absolute atomic E-state index is 6.30. The molecule has 1 saturated carbocycles. The number of nitrogens with two attached hydrogens (primary N) is 1. The Labute approximate surface area is 93.4 Å². The van der Waals surface area contributed by atoms with Crippen molar-refractivity contribution in [1.29, 1.82) is 0 Å². The van der Waals surface area contributed by atoms with E-state index in [0.717, 1.165) is 18.9 Å². The molecule has 0 bridgehead atoms. The molecule has 15 heavy (non-hydrogen) atoms. The normalized spacial score (nSPS) is 32.0. The predicted molar refractivity (Wildman–Crippen MR) is 63.8 cm³/mol. The summed E-state index contributed by atoms with van der Waals surface area (Å²) in [5.41, 5.74) is 6.30. The Balaban J connectivity index is 1.74. The molecule has 3 heteroatoms. The zero-order valence-electron chi connectivity index (χ0n) is 9.91. The van der Waals surface area contributed by atoms with Crippen molar-refractivity contribution < 1.29 is 0 Å². The van der Waals surface area contributed by atoms with Gasteiger partial charge in [0, 0.05) is 31.7 Å². The molecule has 1 aliphatic heterocycles. The van der Waals surface area contributed by atoms with Crippen LogP contribution in [0.5, 0.6) is 0 Å². The minimum atomic E-state index is 0.427. The molecule has 0 amide bonds. The standard InChI is InChI=1S/C12H25N3/c1-15-7-6-14-11(9-15)8-12(13)10-4-2-3-5-10/h10-12,14H,2-9,13H2,1H3. The zero-order chi connectivity index (χ0) is 10.7. The van der Waals surface area contributed by atoms with Crippen LogP contribution in [-0.4, -0.2) is 43.7 Å². The molecule has 3 N–H and O–H groups in total. The average Bonchev–Trinajstić information content (AvgIpc) is 2.70. The van der Waals surface area contributed by atoms with Gasteiger partial charge in [0.05, 0.1) is 0 Å². The van der Waals surface area contributed by atoms with Crippen molar-refractivity contribution in [1.82, 2.24) is 10.2 Å². The molecule has 3 nitrogen and oxygen atoms in total. The van der Waals surface area contributed by atoms with Gasteiger partial charge in [-0.2, -0.15) is 0 Å². The van der Waals surface area contributed by atoms with Gasteiger partial charge in [-0.15, -0.1) is 0 Å². The van der Waals surface area contributed by atoms with Gasteiger partial charge in [-0.3, -0.25) is 0 Å². The van der Waals surface area contributed by atoms with Gasteiger partial charge in [-0.25, -0.2) is 0 Å². The summed E-state index contributed by atoms with van der Waals surface area (Å²) in [7, 11) is 2.20. The van der Waals surface area contributed by atoms with Crippen molar-refractivity contribution in [3.63, 3.8) is 0 Å². The first-order chi connectivity index (χ1) is 7.25. The van der Waals surface area contributed by atoms with Crippen LogP contribution in [-0.2, 0) is 0 Å². The van der Waals surface area contributed by atoms with Gasteiger partial charge in [0.25, 0.3) is 0 Å². The van der Waals surface area contributed by atoms with Crippen LogP contribution >= 0.6 is 0 Å². The van der Waals surface area contributed by atoms with Gasteiger partial charge < -0.3 is 16.0 Å². The fraction of sp³-hybridized carbons (Fsp3) is 1.00. The van der Waals surface area contributed by atoms with E-state index in [1.54, 1.807) is 0 Å². The molecule has 2 rings (SSSR count). The third-order valence-electron chi connectivity index (χ3n) is 4.02. The van der Waals surface area contributed by atoms with Crippen LogP contribution < -0.4 is 11.1 Å². The van der Waals surface area contributed by atoms with Gasteiger partial charge in [-0.05, 0) is 32.2 Å². The van der Waals surface area contributed by atoms with Crippen molar-refractivity contribution in [3.8, 4) is 0 Å². The van der Waals surface area contributed by atoms with Crippen molar-refractivity contribution >= 4 is 0 Å². The molecule has 0 spiro atoms. The summed E-state index contributed by atoms with van der Waals surface area (Å²) < 4.78 is 0. The lowest BCUT2D eigenvalue weighted by molar-refractivity contribution is 0.215. The number of hydrogen-bond donors (Lipinski definition) is 2. The second-order valence-electron chi connectivity index (χ2n) is 5.36. The highest BCUT2D eigenvalue weighted by molar-refractivity contribution is 4.85. The highest BCUT2D eigenvalue weighted by Gasteiger charge is 2.26. The maximum Gasteiger partial charge on any atom is 0.0210 e. The fourth-order valence-corrected chi connectivity index (χ4v) is 3.06. The summed E-state index contributed by atoms with van der Waals surface area (Å²) in [6.07, 6.45) is 6.69. The van der Waals surface area contributed by atoms with E-state index in [0.29, 0.717) is 12.1 Å². The van der Waals surface area contributed by atoms with E-state index in [1.807, 2.05) is 0 Å². The van der Waals surface area contributed by atoms with Crippen LogP contribution in [0.2, 0.25) is 0 Å². The van der Waals surface area contributed by atoms with Crippen LogP contribution in [0.1, 0.15) is 32.1 Å². The molecule has 0 aromatic heterocycles. The second-order valence-corrected chi connectivity index (χ2v) is 5.36. The first kappa shape index (κ1) is 11.4. The van der Waals surface area contributed by atoms with Crippen molar-refractivity contribution in [2.24, 2.45) is 11.7 Å². The van der Waals surface area contributed by atoms with Gasteiger partial charge in [0.15, 0.2) is 0 Å². The number of piperazine rings is 1. The molecule has 2 atom stereocenters. The maximum atomic E-state index is 6.30. The lowest BCUT2D eigenvalue weighted by atomic mass is 9.92. The summed E-state index contributed by atoms with van der Waals surface area (Å²) in [5.74, 6) is 0.805. The molecular weight excluding hydrogens is 186 g/mol. The molecule has 1 heterocycles. The van der Waals surface area contributed by atoms with E-state index in [-0.39, 0.29) is 0 Å². The molecule has 0 aromatic rings. The van der Waals surface area contributed by atoms with Crippen LogP contribution in [0.25, 0.3) is 0 Å². The number of hydrogen-bond acceptors (Lipinski definition) is 3. The van der Waals surface area contributed by atoms with Crippen LogP contribution in [0.4, 0.5) is 0 Å². The Bertz CT molecular complexity index is 189. The lowest BCUT2D eigenvalue weighted by Gasteiger charge is -2.33. The summed E-state index contributed by atoms with van der Waals surface area (Å²) in [6.45, 7) is 3.47. The van der Waals surface area contributed by atoms with Gasteiger partial charge >= 0.3 is 0 Å². The number of likely N-dealkylation sites (N-methyl/N-ethyl adjacent to an activating group) is 1. The van der Waals surface area contributed by atoms with E-state index < -0.39 is 0 Å². The Morgan fingerprint density at radius 2 is 2.13 bits per heavy atom. The molecule has 2 aliphatic rings. The molecule has 2 unspecified atom stereocenters. The smallest absolute Gasteiger partial charge is 0.0210 e. The molecular formula is C12H25N3. The van der Waals surface area contributed by atoms with Crippen LogP contribution in [0.15, 0.2) is 0 Å². The Kier molecular flexibility index (Phi) is 4.00. The Morgan fingerprint density at radius 1 is 1.40 bits per heavy atom. The molecule has 1 saturated heterocycles. The first-order valence-corrected chi connectivity index (χ1v) is 6.43. The van der Waals surface area contributed by atoms with E-state index in [9.17, 15) is 0 Å². The largest absolute Gasteiger partial charge is 0.327 e. The third-order valence-corrected chi connectivity index (χ3v) is 4.02. The van der Waals surface area contributed by atoms with E-state index in [2.05, 4.69) is 17.3 Å². The van der Waals surface area contributed by atoms with Crippen LogP contribution in [0, 0.1) is 5.92 Å². The van der Waals surface area contributed by atoms with E-state index in [4.69, 9.17) is 5.73 Å². The van der Waals surface area contributed by atoms with Gasteiger partial charge in [0.2, 0.25) is 0 Å². The number of nitrogens with one attached hydrogen (secondary N) is 1. The highest BCUT2D eigenvalue weighted by Crippen LogP contribution is 2.28. The van der Waals surface area contributed by atoms with E-state index >= 15 is 0 Å².